The van der Waals surface area contributed by atoms with Gasteiger partial charge in [0.2, 0.25) is 11.9 Å². The maximum Gasteiger partial charge on any atom is 0.248 e. The molecule has 0 aliphatic carbocycles. The number of hydrogen-bond donors (Lipinski definition) is 2. The smallest absolute Gasteiger partial charge is 0.248 e. The highest BCUT2D eigenvalue weighted by Gasteiger charge is 2.05. The number of benzene rings is 2. The summed E-state index contributed by atoms with van der Waals surface area (Å²) in [5, 5.41) is 3.15. The van der Waals surface area contributed by atoms with E-state index < -0.39 is 5.91 Å². The number of unbranched alkanes of at least 4 members (excludes halogenated alkanes) is 1. The zero-order valence-electron chi connectivity index (χ0n) is 19.2. The predicted molar refractivity (Wildman–Crippen MR) is 134 cm³/mol. The van der Waals surface area contributed by atoms with Gasteiger partial charge >= 0.3 is 0 Å². The largest absolute Gasteiger partial charge is 0.366 e. The number of rotatable bonds is 8. The number of carbonyl (C=O) groups excluding carboxylic acids is 1. The SMILES string of the molecule is CC.CC.CCCCSc1ccc(-c2ccnc(Nc3ccc(C(N)=O)cc3)n2)cc1. The van der Waals surface area contributed by atoms with Gasteiger partial charge in [0.1, 0.15) is 0 Å². The van der Waals surface area contributed by atoms with Crippen LogP contribution >= 0.6 is 11.8 Å². The first-order valence-corrected chi connectivity index (χ1v) is 11.9. The van der Waals surface area contributed by atoms with Gasteiger partial charge in [-0.3, -0.25) is 4.79 Å². The van der Waals surface area contributed by atoms with Crippen LogP contribution in [0.3, 0.4) is 0 Å². The van der Waals surface area contributed by atoms with E-state index in [0.717, 1.165) is 22.7 Å². The molecule has 0 radical (unpaired) electrons. The molecule has 0 fully saturated rings. The van der Waals surface area contributed by atoms with Crippen LogP contribution in [-0.2, 0) is 0 Å². The van der Waals surface area contributed by atoms with Crippen molar-refractivity contribution in [3.63, 3.8) is 0 Å². The molecular weight excluding hydrogens is 404 g/mol. The van der Waals surface area contributed by atoms with Crippen LogP contribution in [0.5, 0.6) is 0 Å². The molecule has 0 unspecified atom stereocenters. The van der Waals surface area contributed by atoms with Gasteiger partial charge in [0.25, 0.3) is 0 Å². The van der Waals surface area contributed by atoms with Gasteiger partial charge in [-0.2, -0.15) is 0 Å². The van der Waals surface area contributed by atoms with Gasteiger partial charge in [-0.1, -0.05) is 53.2 Å². The first-order valence-electron chi connectivity index (χ1n) is 10.9. The molecule has 6 heteroatoms. The quantitative estimate of drug-likeness (QED) is 0.294. The molecule has 1 aromatic heterocycles. The number of nitrogens with two attached hydrogens (primary N) is 1. The van der Waals surface area contributed by atoms with Crippen LogP contribution < -0.4 is 11.1 Å². The first-order chi connectivity index (χ1) is 15.2. The molecule has 0 aliphatic rings. The molecule has 1 heterocycles. The Labute approximate surface area is 190 Å². The lowest BCUT2D eigenvalue weighted by atomic mass is 10.1. The van der Waals surface area contributed by atoms with Gasteiger partial charge in [0.05, 0.1) is 5.69 Å². The van der Waals surface area contributed by atoms with E-state index in [2.05, 4.69) is 46.5 Å². The first kappa shape index (κ1) is 26.2. The molecule has 0 saturated heterocycles. The molecule has 3 rings (SSSR count). The number of nitrogens with one attached hydrogen (secondary N) is 1. The standard InChI is InChI=1S/C21H22N4OS.2C2H6/c1-2-3-14-27-18-10-6-15(7-11-18)19-12-13-23-21(25-19)24-17-8-4-16(5-9-17)20(22)26;2*1-2/h4-13H,2-3,14H2,1H3,(H2,22,26)(H,23,24,25);2*1-2H3. The number of hydrogen-bond acceptors (Lipinski definition) is 5. The second kappa shape index (κ2) is 15.0. The maximum atomic E-state index is 11.1. The van der Waals surface area contributed by atoms with Crippen molar-refractivity contribution in [3.8, 4) is 11.3 Å². The Balaban J connectivity index is 0.00000113. The summed E-state index contributed by atoms with van der Waals surface area (Å²) in [4.78, 5) is 21.3. The zero-order chi connectivity index (χ0) is 23.1. The molecule has 1 amide bonds. The maximum absolute atomic E-state index is 11.1. The van der Waals surface area contributed by atoms with Crippen molar-refractivity contribution in [2.75, 3.05) is 11.1 Å². The van der Waals surface area contributed by atoms with Gasteiger partial charge < -0.3 is 11.1 Å². The fourth-order valence-electron chi connectivity index (χ4n) is 2.48. The van der Waals surface area contributed by atoms with E-state index in [4.69, 9.17) is 5.73 Å². The Morgan fingerprint density at radius 1 is 0.968 bits per heavy atom. The molecular formula is C25H34N4OS. The summed E-state index contributed by atoms with van der Waals surface area (Å²) in [7, 11) is 0. The van der Waals surface area contributed by atoms with Gasteiger partial charge in [0, 0.05) is 27.9 Å². The van der Waals surface area contributed by atoms with Crippen molar-refractivity contribution < 1.29 is 4.79 Å². The molecule has 0 aliphatic heterocycles. The van der Waals surface area contributed by atoms with Crippen molar-refractivity contribution in [2.45, 2.75) is 52.4 Å². The van der Waals surface area contributed by atoms with E-state index in [1.165, 1.54) is 17.7 Å². The van der Waals surface area contributed by atoms with E-state index in [1.54, 1.807) is 30.5 Å². The van der Waals surface area contributed by atoms with Crippen molar-refractivity contribution in [1.29, 1.82) is 0 Å². The molecule has 5 nitrogen and oxygen atoms in total. The van der Waals surface area contributed by atoms with Crippen LogP contribution in [0, 0.1) is 0 Å². The lowest BCUT2D eigenvalue weighted by Gasteiger charge is -2.08. The van der Waals surface area contributed by atoms with E-state index in [1.807, 2.05) is 45.5 Å². The molecule has 31 heavy (non-hydrogen) atoms. The molecule has 3 N–H and O–H groups in total. The van der Waals surface area contributed by atoms with Gasteiger partial charge in [-0.15, -0.1) is 11.8 Å². The Hall–Kier alpha value is -2.86. The van der Waals surface area contributed by atoms with Crippen molar-refractivity contribution >= 4 is 29.3 Å². The second-order valence-electron chi connectivity index (χ2n) is 6.06. The summed E-state index contributed by atoms with van der Waals surface area (Å²) in [6, 6.07) is 17.2. The van der Waals surface area contributed by atoms with Crippen LogP contribution in [0.25, 0.3) is 11.3 Å². The second-order valence-corrected chi connectivity index (χ2v) is 7.23. The highest BCUT2D eigenvalue weighted by Crippen LogP contribution is 2.24. The average molecular weight is 439 g/mol. The number of thioether (sulfide) groups is 1. The van der Waals surface area contributed by atoms with Crippen LogP contribution in [0.15, 0.2) is 65.7 Å². The summed E-state index contributed by atoms with van der Waals surface area (Å²) in [6.45, 7) is 10.2. The van der Waals surface area contributed by atoms with E-state index in [0.29, 0.717) is 11.5 Å². The van der Waals surface area contributed by atoms with Gasteiger partial charge in [0.15, 0.2) is 0 Å². The lowest BCUT2D eigenvalue weighted by molar-refractivity contribution is 0.100. The molecule has 0 saturated carbocycles. The molecule has 166 valence electrons. The Morgan fingerprint density at radius 3 is 2.19 bits per heavy atom. The molecule has 0 spiro atoms. The highest BCUT2D eigenvalue weighted by atomic mass is 32.2. The summed E-state index contributed by atoms with van der Waals surface area (Å²) in [5.41, 5.74) is 8.41. The third-order valence-electron chi connectivity index (χ3n) is 4.00. The van der Waals surface area contributed by atoms with Crippen LogP contribution in [0.1, 0.15) is 57.8 Å². The Kier molecular flexibility index (Phi) is 12.7. The van der Waals surface area contributed by atoms with Crippen molar-refractivity contribution in [2.24, 2.45) is 5.73 Å². The van der Waals surface area contributed by atoms with Crippen LogP contribution in [0.4, 0.5) is 11.6 Å². The molecule has 0 bridgehead atoms. The zero-order valence-corrected chi connectivity index (χ0v) is 20.0. The normalized spacial score (nSPS) is 9.58. The van der Waals surface area contributed by atoms with Crippen molar-refractivity contribution in [3.05, 3.63) is 66.4 Å². The minimum absolute atomic E-state index is 0.448. The topological polar surface area (TPSA) is 80.9 Å². The molecule has 2 aromatic carbocycles. The van der Waals surface area contributed by atoms with Gasteiger partial charge in [-0.25, -0.2) is 9.97 Å². The van der Waals surface area contributed by atoms with E-state index in [9.17, 15) is 4.79 Å². The monoisotopic (exact) mass is 438 g/mol. The van der Waals surface area contributed by atoms with E-state index >= 15 is 0 Å². The number of nitrogens with zero attached hydrogens (tertiary/aromatic N) is 2. The fraction of sp³-hybridized carbons (Fsp3) is 0.320. The minimum atomic E-state index is -0.448. The number of primary amides is 1. The highest BCUT2D eigenvalue weighted by molar-refractivity contribution is 7.99. The third-order valence-corrected chi connectivity index (χ3v) is 5.10. The third kappa shape index (κ3) is 8.80. The average Bonchev–Trinajstić information content (AvgIpc) is 2.83. The van der Waals surface area contributed by atoms with Crippen LogP contribution in [0.2, 0.25) is 0 Å². The summed E-state index contributed by atoms with van der Waals surface area (Å²) in [6.07, 6.45) is 4.17. The Morgan fingerprint density at radius 2 is 1.61 bits per heavy atom. The Bertz CT molecular complexity index is 896. The van der Waals surface area contributed by atoms with E-state index in [-0.39, 0.29) is 0 Å². The molecule has 3 aromatic rings. The number of amides is 1. The summed E-state index contributed by atoms with van der Waals surface area (Å²) >= 11 is 1.88. The fourth-order valence-corrected chi connectivity index (χ4v) is 3.48. The summed E-state index contributed by atoms with van der Waals surface area (Å²) < 4.78 is 0. The summed E-state index contributed by atoms with van der Waals surface area (Å²) in [5.74, 6) is 1.20. The van der Waals surface area contributed by atoms with Gasteiger partial charge in [-0.05, 0) is 54.6 Å². The molecule has 0 atom stereocenters. The van der Waals surface area contributed by atoms with Crippen molar-refractivity contribution in [1.82, 2.24) is 9.97 Å². The van der Waals surface area contributed by atoms with Crippen LogP contribution in [-0.4, -0.2) is 21.6 Å². The number of aromatic nitrogens is 2. The predicted octanol–water partition coefficient (Wildman–Crippen LogP) is 6.93. The number of carbonyl (C=O) groups is 1. The minimum Gasteiger partial charge on any atom is -0.366 e. The lowest BCUT2D eigenvalue weighted by Crippen LogP contribution is -2.10. The number of anilines is 2.